The summed E-state index contributed by atoms with van der Waals surface area (Å²) in [5, 5.41) is 29.1. The second-order valence-corrected chi connectivity index (χ2v) is 3.35. The highest BCUT2D eigenvalue weighted by atomic mass is 32.2. The Morgan fingerprint density at radius 3 is 2.14 bits per heavy atom. The fourth-order valence-corrected chi connectivity index (χ4v) is 0.963. The minimum atomic E-state index is -2.58. The minimum absolute atomic E-state index is 0.0929. The molecule has 14 heavy (non-hydrogen) atoms. The summed E-state index contributed by atoms with van der Waals surface area (Å²) in [5.41, 5.74) is -1.20. The molecule has 0 aromatic carbocycles. The van der Waals surface area contributed by atoms with Gasteiger partial charge in [0.25, 0.3) is 0 Å². The van der Waals surface area contributed by atoms with Gasteiger partial charge in [0.15, 0.2) is 0 Å². The third-order valence-corrected chi connectivity index (χ3v) is 2.05. The molecule has 7 nitrogen and oxygen atoms in total. The van der Waals surface area contributed by atoms with E-state index in [0.717, 1.165) is 0 Å². The highest BCUT2D eigenvalue weighted by Crippen LogP contribution is 2.00. The summed E-state index contributed by atoms with van der Waals surface area (Å²) < 4.78 is 24.0. The van der Waals surface area contributed by atoms with Gasteiger partial charge in [-0.15, -0.1) is 0 Å². The van der Waals surface area contributed by atoms with E-state index in [1.807, 2.05) is 0 Å². The Morgan fingerprint density at radius 2 is 1.79 bits per heavy atom. The average molecular weight is 228 g/mol. The fraction of sp³-hybridized carbons (Fsp3) is 1.00. The van der Waals surface area contributed by atoms with Crippen LogP contribution in [0, 0.1) is 0 Å². The first-order chi connectivity index (χ1) is 6.60. The maximum Gasteiger partial charge on any atom is 0.0882 e. The molecule has 0 aromatic heterocycles. The lowest BCUT2D eigenvalue weighted by atomic mass is 10.0. The van der Waals surface area contributed by atoms with Crippen molar-refractivity contribution in [2.24, 2.45) is 0 Å². The molecule has 0 amide bonds. The van der Waals surface area contributed by atoms with Gasteiger partial charge in [-0.05, 0) is 0 Å². The zero-order valence-corrected chi connectivity index (χ0v) is 8.33. The molecular weight excluding hydrogens is 214 g/mol. The lowest BCUT2D eigenvalue weighted by molar-refractivity contribution is 0.0406. The zero-order chi connectivity index (χ0) is 11.0. The molecule has 0 heterocycles. The lowest BCUT2D eigenvalue weighted by Crippen LogP contribution is -2.55. The van der Waals surface area contributed by atoms with Crippen LogP contribution in [-0.2, 0) is 15.5 Å². The van der Waals surface area contributed by atoms with Crippen LogP contribution in [0.4, 0.5) is 0 Å². The molecule has 0 aliphatic carbocycles. The third-order valence-electron chi connectivity index (χ3n) is 1.69. The van der Waals surface area contributed by atoms with Crippen LogP contribution in [0.2, 0.25) is 0 Å². The summed E-state index contributed by atoms with van der Waals surface area (Å²) in [6.45, 7) is -1.41. The minimum Gasteiger partial charge on any atom is -0.750 e. The highest BCUT2D eigenvalue weighted by Gasteiger charge is 2.26. The van der Waals surface area contributed by atoms with Crippen molar-refractivity contribution >= 4 is 11.4 Å². The summed E-state index contributed by atoms with van der Waals surface area (Å²) >= 11 is -2.58. The van der Waals surface area contributed by atoms with Crippen molar-refractivity contribution in [3.63, 3.8) is 0 Å². The van der Waals surface area contributed by atoms with Gasteiger partial charge in [0.1, 0.15) is 0 Å². The molecule has 0 fully saturated rings. The van der Waals surface area contributed by atoms with Crippen molar-refractivity contribution in [2.75, 3.05) is 33.0 Å². The molecule has 0 saturated heterocycles. The molecule has 8 heteroatoms. The standard InChI is InChI=1S/C6H15NO6S/c8-3-6(4-9,5-10)7-1-2-13-14(11)12/h7-10H,1-5H2,(H,11,12)/p-1. The third kappa shape index (κ3) is 4.96. The maximum absolute atomic E-state index is 9.93. The SMILES string of the molecule is O=S([O-])OCCNC(CO)(CO)CO. The number of aliphatic hydroxyl groups is 3. The molecule has 0 saturated carbocycles. The normalized spacial score (nSPS) is 14.3. The average Bonchev–Trinajstić information content (AvgIpc) is 2.19. The first-order valence-corrected chi connectivity index (χ1v) is 4.90. The van der Waals surface area contributed by atoms with Gasteiger partial charge in [0, 0.05) is 6.54 Å². The van der Waals surface area contributed by atoms with E-state index in [1.54, 1.807) is 0 Å². The number of rotatable bonds is 8. The molecule has 0 rings (SSSR count). The van der Waals surface area contributed by atoms with Gasteiger partial charge in [0.05, 0.1) is 43.3 Å². The van der Waals surface area contributed by atoms with E-state index in [1.165, 1.54) is 0 Å². The quantitative estimate of drug-likeness (QED) is 0.260. The van der Waals surface area contributed by atoms with Crippen LogP contribution in [0.1, 0.15) is 0 Å². The van der Waals surface area contributed by atoms with Crippen molar-refractivity contribution < 1.29 is 28.3 Å². The Kier molecular flexibility index (Phi) is 7.19. The monoisotopic (exact) mass is 228 g/mol. The van der Waals surface area contributed by atoms with E-state index >= 15 is 0 Å². The second kappa shape index (κ2) is 7.23. The van der Waals surface area contributed by atoms with E-state index in [-0.39, 0.29) is 13.2 Å². The molecule has 0 aliphatic rings. The van der Waals surface area contributed by atoms with Crippen LogP contribution in [0.5, 0.6) is 0 Å². The van der Waals surface area contributed by atoms with E-state index in [4.69, 9.17) is 15.3 Å². The molecule has 0 spiro atoms. The summed E-state index contributed by atoms with van der Waals surface area (Å²) in [5.74, 6) is 0. The van der Waals surface area contributed by atoms with Gasteiger partial charge in [-0.25, -0.2) is 4.21 Å². The van der Waals surface area contributed by atoms with Gasteiger partial charge in [-0.2, -0.15) is 0 Å². The molecular formula is C6H14NO6S-. The molecule has 4 N–H and O–H groups in total. The molecule has 0 aromatic rings. The van der Waals surface area contributed by atoms with Gasteiger partial charge in [-0.1, -0.05) is 0 Å². The number of aliphatic hydroxyl groups excluding tert-OH is 3. The van der Waals surface area contributed by atoms with Crippen molar-refractivity contribution in [3.05, 3.63) is 0 Å². The Morgan fingerprint density at radius 1 is 1.29 bits per heavy atom. The Balaban J connectivity index is 3.77. The van der Waals surface area contributed by atoms with Crippen molar-refractivity contribution in [1.82, 2.24) is 5.32 Å². The Hall–Kier alpha value is -0.0900. The smallest absolute Gasteiger partial charge is 0.0882 e. The van der Waals surface area contributed by atoms with Crippen LogP contribution in [0.15, 0.2) is 0 Å². The van der Waals surface area contributed by atoms with Gasteiger partial charge < -0.3 is 25.2 Å². The molecule has 1 unspecified atom stereocenters. The largest absolute Gasteiger partial charge is 0.750 e. The zero-order valence-electron chi connectivity index (χ0n) is 7.51. The summed E-state index contributed by atoms with van der Waals surface area (Å²) in [6.07, 6.45) is 0. The van der Waals surface area contributed by atoms with Gasteiger partial charge in [0.2, 0.25) is 0 Å². The van der Waals surface area contributed by atoms with Crippen molar-refractivity contribution in [2.45, 2.75) is 5.54 Å². The molecule has 1 atom stereocenters. The number of nitrogens with one attached hydrogen (secondary N) is 1. The molecule has 0 bridgehead atoms. The second-order valence-electron chi connectivity index (χ2n) is 2.71. The molecule has 86 valence electrons. The predicted octanol–water partition coefficient (Wildman–Crippen LogP) is -2.90. The fourth-order valence-electron chi connectivity index (χ4n) is 0.744. The Labute approximate surface area is 84.2 Å². The number of hydrogen-bond donors (Lipinski definition) is 4. The molecule has 0 aliphatic heterocycles. The van der Waals surface area contributed by atoms with Crippen molar-refractivity contribution in [1.29, 1.82) is 0 Å². The maximum atomic E-state index is 9.93. The van der Waals surface area contributed by atoms with E-state index in [2.05, 4.69) is 9.50 Å². The molecule has 0 radical (unpaired) electrons. The van der Waals surface area contributed by atoms with Crippen LogP contribution in [0.25, 0.3) is 0 Å². The van der Waals surface area contributed by atoms with Crippen LogP contribution < -0.4 is 5.32 Å². The summed E-state index contributed by atoms with van der Waals surface area (Å²) in [7, 11) is 0. The summed E-state index contributed by atoms with van der Waals surface area (Å²) in [6, 6.07) is 0. The van der Waals surface area contributed by atoms with Gasteiger partial charge in [-0.3, -0.25) is 4.18 Å². The van der Waals surface area contributed by atoms with E-state index in [9.17, 15) is 8.76 Å². The number of hydrogen-bond acceptors (Lipinski definition) is 7. The van der Waals surface area contributed by atoms with Crippen LogP contribution in [-0.4, -0.2) is 62.6 Å². The highest BCUT2D eigenvalue weighted by molar-refractivity contribution is 7.74. The van der Waals surface area contributed by atoms with Crippen LogP contribution in [0.3, 0.4) is 0 Å². The topological polar surface area (TPSA) is 122 Å². The first kappa shape index (κ1) is 13.9. The first-order valence-electron chi connectivity index (χ1n) is 3.90. The summed E-state index contributed by atoms with van der Waals surface area (Å²) in [4.78, 5) is 0. The van der Waals surface area contributed by atoms with Crippen molar-refractivity contribution in [3.8, 4) is 0 Å². The van der Waals surface area contributed by atoms with E-state index < -0.39 is 36.7 Å². The lowest BCUT2D eigenvalue weighted by Gasteiger charge is -2.28. The van der Waals surface area contributed by atoms with E-state index in [0.29, 0.717) is 0 Å². The van der Waals surface area contributed by atoms with Crippen LogP contribution >= 0.6 is 0 Å². The Bertz CT molecular complexity index is 165. The predicted molar refractivity (Wildman–Crippen MR) is 46.9 cm³/mol. The van der Waals surface area contributed by atoms with Gasteiger partial charge >= 0.3 is 0 Å².